The number of benzene rings is 2. The van der Waals surface area contributed by atoms with Gasteiger partial charge in [0.15, 0.2) is 0 Å². The van der Waals surface area contributed by atoms with Crippen molar-refractivity contribution in [2.45, 2.75) is 26.2 Å². The van der Waals surface area contributed by atoms with Crippen molar-refractivity contribution in [1.82, 2.24) is 0 Å². The van der Waals surface area contributed by atoms with Gasteiger partial charge in [-0.15, -0.1) is 0 Å². The topological polar surface area (TPSA) is 24.7 Å². The van der Waals surface area contributed by atoms with Crippen LogP contribution in [0.5, 0.6) is 0 Å². The molecule has 0 aliphatic rings. The predicted molar refractivity (Wildman–Crippen MR) is 87.7 cm³/mol. The van der Waals surface area contributed by atoms with Gasteiger partial charge in [-0.25, -0.2) is 0 Å². The minimum Gasteiger partial charge on any atom is -0.255 e. The molecule has 0 saturated carbocycles. The van der Waals surface area contributed by atoms with E-state index in [1.165, 1.54) is 0 Å². The van der Waals surface area contributed by atoms with Gasteiger partial charge in [0, 0.05) is 26.6 Å². The van der Waals surface area contributed by atoms with E-state index in [0.717, 1.165) is 36.3 Å². The van der Waals surface area contributed by atoms with Crippen molar-refractivity contribution in [3.63, 3.8) is 0 Å². The molecule has 2 aromatic carbocycles. The van der Waals surface area contributed by atoms with Crippen molar-refractivity contribution in [3.05, 3.63) is 60.7 Å². The molecule has 2 rings (SSSR count). The van der Waals surface area contributed by atoms with E-state index in [0.29, 0.717) is 0 Å². The van der Waals surface area contributed by atoms with Crippen molar-refractivity contribution in [2.24, 2.45) is 9.98 Å². The normalized spacial score (nSPS) is 11.4. The van der Waals surface area contributed by atoms with Crippen LogP contribution in [0.3, 0.4) is 0 Å². The summed E-state index contributed by atoms with van der Waals surface area (Å²) in [7, 11) is 0. The standard InChI is InChI=1S/C18H20N2.Pd/c1-2-3-10-18(20-17-13-8-5-9-14-17)15-19-16-11-6-4-7-12-16;/h4-9,11-15H,2-3,10H2,1H3;. The largest absolute Gasteiger partial charge is 0.255 e. The predicted octanol–water partition coefficient (Wildman–Crippen LogP) is 5.35. The number of nitrogens with zero attached hydrogens (tertiary/aromatic N) is 2. The number of unbranched alkanes of at least 4 members (excludes halogenated alkanes) is 1. The molecule has 3 heteroatoms. The van der Waals surface area contributed by atoms with Crippen molar-refractivity contribution in [1.29, 1.82) is 0 Å². The fourth-order valence-corrected chi connectivity index (χ4v) is 1.84. The third kappa shape index (κ3) is 6.62. The average molecular weight is 371 g/mol. The van der Waals surface area contributed by atoms with Gasteiger partial charge in [-0.2, -0.15) is 0 Å². The quantitative estimate of drug-likeness (QED) is 0.484. The zero-order chi connectivity index (χ0) is 14.0. The van der Waals surface area contributed by atoms with Crippen LogP contribution in [-0.2, 0) is 20.4 Å². The molecular weight excluding hydrogens is 351 g/mol. The zero-order valence-electron chi connectivity index (χ0n) is 12.2. The molecule has 0 aromatic heterocycles. The number of para-hydroxylation sites is 2. The van der Waals surface area contributed by atoms with E-state index in [9.17, 15) is 0 Å². The second kappa shape index (κ2) is 10.2. The first-order valence-corrected chi connectivity index (χ1v) is 7.10. The molecule has 0 heterocycles. The molecule has 0 aliphatic heterocycles. The van der Waals surface area contributed by atoms with E-state index in [4.69, 9.17) is 0 Å². The van der Waals surface area contributed by atoms with Crippen LogP contribution in [0.15, 0.2) is 70.6 Å². The summed E-state index contributed by atoms with van der Waals surface area (Å²) in [6.07, 6.45) is 5.14. The van der Waals surface area contributed by atoms with Gasteiger partial charge in [-0.3, -0.25) is 9.98 Å². The molecule has 0 saturated heterocycles. The summed E-state index contributed by atoms with van der Waals surface area (Å²) in [5.74, 6) is 0. The first kappa shape index (κ1) is 17.5. The Bertz CT molecular complexity index is 562. The summed E-state index contributed by atoms with van der Waals surface area (Å²) in [4.78, 5) is 9.18. The Balaban J connectivity index is 0.00000220. The van der Waals surface area contributed by atoms with Gasteiger partial charge in [0.2, 0.25) is 0 Å². The van der Waals surface area contributed by atoms with Crippen LogP contribution < -0.4 is 0 Å². The summed E-state index contributed by atoms with van der Waals surface area (Å²) in [5, 5.41) is 0. The monoisotopic (exact) mass is 370 g/mol. The summed E-state index contributed by atoms with van der Waals surface area (Å²) >= 11 is 0. The Kier molecular flexibility index (Phi) is 8.51. The molecule has 2 nitrogen and oxygen atoms in total. The van der Waals surface area contributed by atoms with Crippen LogP contribution in [0.25, 0.3) is 0 Å². The molecule has 0 spiro atoms. The van der Waals surface area contributed by atoms with Gasteiger partial charge in [-0.05, 0) is 37.1 Å². The van der Waals surface area contributed by atoms with E-state index >= 15 is 0 Å². The Labute approximate surface area is 140 Å². The van der Waals surface area contributed by atoms with Crippen LogP contribution >= 0.6 is 0 Å². The number of aliphatic imine (C=N–C) groups is 2. The number of hydrogen-bond acceptors (Lipinski definition) is 2. The Hall–Kier alpha value is -1.56. The second-order valence-corrected chi connectivity index (χ2v) is 4.64. The van der Waals surface area contributed by atoms with E-state index in [2.05, 4.69) is 16.9 Å². The molecule has 0 N–H and O–H groups in total. The van der Waals surface area contributed by atoms with Crippen LogP contribution in [-0.4, -0.2) is 11.9 Å². The summed E-state index contributed by atoms with van der Waals surface area (Å²) < 4.78 is 0. The van der Waals surface area contributed by atoms with Crippen molar-refractivity contribution < 1.29 is 20.4 Å². The molecule has 21 heavy (non-hydrogen) atoms. The fourth-order valence-electron chi connectivity index (χ4n) is 1.84. The second-order valence-electron chi connectivity index (χ2n) is 4.64. The van der Waals surface area contributed by atoms with Crippen LogP contribution in [0.1, 0.15) is 26.2 Å². The summed E-state index contributed by atoms with van der Waals surface area (Å²) in [6.45, 7) is 2.19. The molecule has 0 radical (unpaired) electrons. The molecule has 2 aromatic rings. The molecule has 0 atom stereocenters. The Morgan fingerprint density at radius 3 is 2.05 bits per heavy atom. The van der Waals surface area contributed by atoms with Gasteiger partial charge in [-0.1, -0.05) is 49.7 Å². The average Bonchev–Trinajstić information content (AvgIpc) is 2.52. The van der Waals surface area contributed by atoms with Crippen molar-refractivity contribution >= 4 is 23.3 Å². The van der Waals surface area contributed by atoms with Crippen LogP contribution in [0.2, 0.25) is 0 Å². The number of hydrogen-bond donors (Lipinski definition) is 0. The van der Waals surface area contributed by atoms with E-state index in [-0.39, 0.29) is 20.4 Å². The minimum atomic E-state index is 0. The molecule has 0 fully saturated rings. The molecular formula is C18H20N2Pd. The molecule has 0 aliphatic carbocycles. The maximum atomic E-state index is 4.68. The molecule has 0 unspecified atom stereocenters. The molecule has 0 bridgehead atoms. The van der Waals surface area contributed by atoms with Crippen molar-refractivity contribution in [3.8, 4) is 0 Å². The van der Waals surface area contributed by atoms with Crippen LogP contribution in [0.4, 0.5) is 11.4 Å². The maximum Gasteiger partial charge on any atom is 0.0633 e. The summed E-state index contributed by atoms with van der Waals surface area (Å²) in [5.41, 5.74) is 2.98. The zero-order valence-corrected chi connectivity index (χ0v) is 13.7. The fraction of sp³-hybridized carbons (Fsp3) is 0.222. The van der Waals surface area contributed by atoms with Crippen LogP contribution in [0, 0.1) is 0 Å². The Morgan fingerprint density at radius 1 is 0.905 bits per heavy atom. The molecule has 0 amide bonds. The van der Waals surface area contributed by atoms with E-state index in [1.807, 2.05) is 66.9 Å². The smallest absolute Gasteiger partial charge is 0.0633 e. The minimum absolute atomic E-state index is 0. The third-order valence-corrected chi connectivity index (χ3v) is 2.93. The SMILES string of the molecule is CCCCC(C=Nc1ccccc1)=Nc1ccccc1.[Pd]. The van der Waals surface area contributed by atoms with Gasteiger partial charge in [0.1, 0.15) is 0 Å². The summed E-state index contributed by atoms with van der Waals surface area (Å²) in [6, 6.07) is 20.0. The van der Waals surface area contributed by atoms with E-state index in [1.54, 1.807) is 0 Å². The molecule has 112 valence electrons. The number of rotatable bonds is 6. The van der Waals surface area contributed by atoms with E-state index < -0.39 is 0 Å². The van der Waals surface area contributed by atoms with Gasteiger partial charge in [0.25, 0.3) is 0 Å². The van der Waals surface area contributed by atoms with Gasteiger partial charge < -0.3 is 0 Å². The Morgan fingerprint density at radius 2 is 1.48 bits per heavy atom. The van der Waals surface area contributed by atoms with Crippen molar-refractivity contribution in [2.75, 3.05) is 0 Å². The maximum absolute atomic E-state index is 4.68. The first-order valence-electron chi connectivity index (χ1n) is 7.10. The first-order chi connectivity index (χ1) is 9.88. The van der Waals surface area contributed by atoms with Gasteiger partial charge >= 0.3 is 0 Å². The van der Waals surface area contributed by atoms with Gasteiger partial charge in [0.05, 0.1) is 17.1 Å². The third-order valence-electron chi connectivity index (χ3n) is 2.93.